The Hall–Kier alpha value is -1.58. The third kappa shape index (κ3) is 2.73. The molecule has 0 spiro atoms. The van der Waals surface area contributed by atoms with Gasteiger partial charge in [-0.25, -0.2) is 0 Å². The number of Topliss-reactive ketones (excluding diaryl/α,β-unsaturated/α-hetero) is 2. The van der Waals surface area contributed by atoms with Crippen LogP contribution >= 0.6 is 0 Å². The molecule has 14 heavy (non-hydrogen) atoms. The molecule has 0 aromatic heterocycles. The first kappa shape index (κ1) is 12.4. The maximum Gasteiger partial charge on any atom is 0.225 e. The second-order valence-corrected chi connectivity index (χ2v) is 3.27. The van der Waals surface area contributed by atoms with Crippen molar-refractivity contribution in [1.29, 1.82) is 0 Å². The minimum absolute atomic E-state index is 0.393. The molecule has 0 atom stereocenters. The number of nitrogens with two attached hydrogens (primary N) is 1. The Morgan fingerprint density at radius 2 is 1.50 bits per heavy atom. The van der Waals surface area contributed by atoms with E-state index in [0.717, 1.165) is 5.57 Å². The summed E-state index contributed by atoms with van der Waals surface area (Å²) in [7, 11) is 0. The molecule has 0 aliphatic carbocycles. The van der Waals surface area contributed by atoms with Crippen LogP contribution in [0.3, 0.4) is 0 Å². The van der Waals surface area contributed by atoms with Crippen molar-refractivity contribution in [2.45, 2.75) is 27.7 Å². The fraction of sp³-hybridized carbons (Fsp3) is 0.400. The number of aliphatic hydroxyl groups excluding tert-OH is 1. The van der Waals surface area contributed by atoms with E-state index in [1.807, 2.05) is 0 Å². The number of carbonyl (C=O) groups excluding carboxylic acids is 2. The lowest BCUT2D eigenvalue weighted by Crippen LogP contribution is -2.17. The molecule has 0 aromatic carbocycles. The van der Waals surface area contributed by atoms with E-state index in [1.165, 1.54) is 6.92 Å². The molecule has 0 amide bonds. The van der Waals surface area contributed by atoms with Gasteiger partial charge >= 0.3 is 0 Å². The SMILES string of the molecule is CC(=O)/C(N)=C(\O)C(=O)C(C)=C(C)C. The number of aliphatic hydroxyl groups is 1. The summed E-state index contributed by atoms with van der Waals surface area (Å²) in [6.45, 7) is 6.24. The minimum atomic E-state index is -0.670. The number of hydrogen-bond acceptors (Lipinski definition) is 4. The first-order valence-electron chi connectivity index (χ1n) is 4.17. The van der Waals surface area contributed by atoms with Crippen LogP contribution in [-0.2, 0) is 9.59 Å². The largest absolute Gasteiger partial charge is 0.503 e. The Balaban J connectivity index is 5.19. The van der Waals surface area contributed by atoms with Crippen molar-refractivity contribution in [3.05, 3.63) is 22.6 Å². The predicted molar refractivity (Wildman–Crippen MR) is 53.6 cm³/mol. The van der Waals surface area contributed by atoms with Gasteiger partial charge in [0, 0.05) is 6.92 Å². The molecule has 0 rings (SSSR count). The third-order valence-corrected chi connectivity index (χ3v) is 1.94. The van der Waals surface area contributed by atoms with Crippen LogP contribution in [0, 0.1) is 0 Å². The molecule has 0 unspecified atom stereocenters. The van der Waals surface area contributed by atoms with E-state index >= 15 is 0 Å². The summed E-state index contributed by atoms with van der Waals surface area (Å²) in [5, 5.41) is 9.33. The van der Waals surface area contributed by atoms with Crippen LogP contribution in [0.1, 0.15) is 27.7 Å². The molecule has 0 aliphatic rings. The molecule has 0 aromatic rings. The first-order valence-corrected chi connectivity index (χ1v) is 4.17. The van der Waals surface area contributed by atoms with Crippen molar-refractivity contribution < 1.29 is 14.7 Å². The van der Waals surface area contributed by atoms with Crippen molar-refractivity contribution in [2.75, 3.05) is 0 Å². The second-order valence-electron chi connectivity index (χ2n) is 3.27. The molecule has 78 valence electrons. The average Bonchev–Trinajstić information content (AvgIpc) is 2.12. The number of allylic oxidation sites excluding steroid dienone is 3. The van der Waals surface area contributed by atoms with Gasteiger partial charge in [-0.2, -0.15) is 0 Å². The molecule has 0 aliphatic heterocycles. The van der Waals surface area contributed by atoms with Crippen molar-refractivity contribution >= 4 is 11.6 Å². The summed E-state index contributed by atoms with van der Waals surface area (Å²) >= 11 is 0. The van der Waals surface area contributed by atoms with Gasteiger partial charge in [0.15, 0.2) is 11.5 Å². The molecule has 4 nitrogen and oxygen atoms in total. The lowest BCUT2D eigenvalue weighted by molar-refractivity contribution is -0.117. The normalized spacial score (nSPS) is 11.7. The molecular formula is C10H15NO3. The number of ketones is 2. The Bertz CT molecular complexity index is 333. The predicted octanol–water partition coefficient (Wildman–Crippen LogP) is 1.23. The summed E-state index contributed by atoms with van der Waals surface area (Å²) in [4.78, 5) is 22.2. The van der Waals surface area contributed by atoms with Gasteiger partial charge in [0.05, 0.1) is 0 Å². The topological polar surface area (TPSA) is 80.4 Å². The molecule has 0 radical (unpaired) electrons. The van der Waals surface area contributed by atoms with Crippen LogP contribution in [0.25, 0.3) is 0 Å². The van der Waals surface area contributed by atoms with E-state index in [-0.39, 0.29) is 0 Å². The highest BCUT2D eigenvalue weighted by atomic mass is 16.3. The lowest BCUT2D eigenvalue weighted by Gasteiger charge is -2.04. The summed E-state index contributed by atoms with van der Waals surface area (Å²) < 4.78 is 0. The van der Waals surface area contributed by atoms with E-state index in [2.05, 4.69) is 0 Å². The van der Waals surface area contributed by atoms with E-state index < -0.39 is 23.0 Å². The zero-order valence-electron chi connectivity index (χ0n) is 8.84. The van der Waals surface area contributed by atoms with E-state index in [9.17, 15) is 14.7 Å². The maximum atomic E-state index is 11.4. The second kappa shape index (κ2) is 4.60. The van der Waals surface area contributed by atoms with Gasteiger partial charge in [0.2, 0.25) is 5.78 Å². The zero-order valence-corrected chi connectivity index (χ0v) is 8.84. The maximum absolute atomic E-state index is 11.4. The Kier molecular flexibility index (Phi) is 4.08. The van der Waals surface area contributed by atoms with Crippen molar-refractivity contribution in [3.8, 4) is 0 Å². The van der Waals surface area contributed by atoms with E-state index in [4.69, 9.17) is 5.73 Å². The molecule has 0 fully saturated rings. The summed E-state index contributed by atoms with van der Waals surface area (Å²) in [6, 6.07) is 0. The highest BCUT2D eigenvalue weighted by Gasteiger charge is 2.17. The monoisotopic (exact) mass is 197 g/mol. The van der Waals surface area contributed by atoms with Gasteiger partial charge in [0.25, 0.3) is 0 Å². The van der Waals surface area contributed by atoms with Gasteiger partial charge in [-0.3, -0.25) is 9.59 Å². The molecular weight excluding hydrogens is 182 g/mol. The highest BCUT2D eigenvalue weighted by molar-refractivity contribution is 6.11. The lowest BCUT2D eigenvalue weighted by atomic mass is 10.1. The highest BCUT2D eigenvalue weighted by Crippen LogP contribution is 2.10. The third-order valence-electron chi connectivity index (χ3n) is 1.94. The number of hydrogen-bond donors (Lipinski definition) is 2. The van der Waals surface area contributed by atoms with Crippen molar-refractivity contribution in [2.24, 2.45) is 5.73 Å². The van der Waals surface area contributed by atoms with Gasteiger partial charge in [-0.1, -0.05) is 5.57 Å². The molecule has 0 saturated heterocycles. The molecule has 0 heterocycles. The fourth-order valence-electron chi connectivity index (χ4n) is 0.694. The van der Waals surface area contributed by atoms with Crippen molar-refractivity contribution in [3.63, 3.8) is 0 Å². The summed E-state index contributed by atoms with van der Waals surface area (Å²) in [5.74, 6) is -1.79. The van der Waals surface area contributed by atoms with Gasteiger partial charge < -0.3 is 10.8 Å². The zero-order chi connectivity index (χ0) is 11.5. The number of carbonyl (C=O) groups is 2. The Morgan fingerprint density at radius 1 is 1.07 bits per heavy atom. The van der Waals surface area contributed by atoms with Crippen LogP contribution in [0.4, 0.5) is 0 Å². The number of rotatable bonds is 3. The summed E-state index contributed by atoms with van der Waals surface area (Å²) in [5.41, 5.74) is 6.01. The Morgan fingerprint density at radius 3 is 1.79 bits per heavy atom. The smallest absolute Gasteiger partial charge is 0.225 e. The van der Waals surface area contributed by atoms with Crippen LogP contribution in [-0.4, -0.2) is 16.7 Å². The van der Waals surface area contributed by atoms with Gasteiger partial charge in [-0.05, 0) is 26.3 Å². The molecule has 3 N–H and O–H groups in total. The fourth-order valence-corrected chi connectivity index (χ4v) is 0.694. The minimum Gasteiger partial charge on any atom is -0.503 e. The van der Waals surface area contributed by atoms with Gasteiger partial charge in [0.1, 0.15) is 5.70 Å². The summed E-state index contributed by atoms with van der Waals surface area (Å²) in [6.07, 6.45) is 0. The molecule has 0 bridgehead atoms. The molecule has 4 heteroatoms. The van der Waals surface area contributed by atoms with Crippen LogP contribution in [0.15, 0.2) is 22.6 Å². The van der Waals surface area contributed by atoms with Gasteiger partial charge in [-0.15, -0.1) is 0 Å². The van der Waals surface area contributed by atoms with E-state index in [1.54, 1.807) is 20.8 Å². The van der Waals surface area contributed by atoms with Crippen LogP contribution in [0.5, 0.6) is 0 Å². The quantitative estimate of drug-likeness (QED) is 0.526. The molecule has 0 saturated carbocycles. The average molecular weight is 197 g/mol. The van der Waals surface area contributed by atoms with Crippen molar-refractivity contribution in [1.82, 2.24) is 0 Å². The van der Waals surface area contributed by atoms with Crippen LogP contribution in [0.2, 0.25) is 0 Å². The van der Waals surface area contributed by atoms with Crippen LogP contribution < -0.4 is 5.73 Å². The standard InChI is InChI=1S/C10H15NO3/c1-5(2)6(3)9(13)10(14)8(11)7(4)12/h14H,11H2,1-4H3/b10-8+. The Labute approximate surface area is 83.1 Å². The van der Waals surface area contributed by atoms with E-state index in [0.29, 0.717) is 5.57 Å². The first-order chi connectivity index (χ1) is 6.29.